The van der Waals surface area contributed by atoms with Gasteiger partial charge in [0.1, 0.15) is 0 Å². The smallest absolute Gasteiger partial charge is 0.265 e. The summed E-state index contributed by atoms with van der Waals surface area (Å²) in [4.78, 5) is 14.0. The molecule has 0 bridgehead atoms. The Morgan fingerprint density at radius 3 is 3.00 bits per heavy atom. The number of rotatable bonds is 2. The Bertz CT molecular complexity index is 631. The second kappa shape index (κ2) is 4.94. The summed E-state index contributed by atoms with van der Waals surface area (Å²) in [6.07, 6.45) is 3.23. The van der Waals surface area contributed by atoms with E-state index in [2.05, 4.69) is 5.32 Å². The Labute approximate surface area is 119 Å². The van der Waals surface area contributed by atoms with Crippen LogP contribution in [-0.4, -0.2) is 5.91 Å². The summed E-state index contributed by atoms with van der Waals surface area (Å²) in [5.41, 5.74) is 1.37. The number of thiophene rings is 1. The molecule has 0 saturated heterocycles. The lowest BCUT2D eigenvalue weighted by molar-refractivity contribution is 0.103. The number of fused-ring (bicyclic) bond motifs is 1. The fourth-order valence-electron chi connectivity index (χ4n) is 2.23. The van der Waals surface area contributed by atoms with Gasteiger partial charge in [-0.3, -0.25) is 4.79 Å². The molecule has 0 radical (unpaired) electrons. The van der Waals surface area contributed by atoms with E-state index in [1.54, 1.807) is 6.07 Å². The highest BCUT2D eigenvalue weighted by molar-refractivity contribution is 7.14. The molecule has 0 atom stereocenters. The molecule has 5 heteroatoms. The van der Waals surface area contributed by atoms with Crippen LogP contribution in [-0.2, 0) is 12.8 Å². The Morgan fingerprint density at radius 2 is 2.21 bits per heavy atom. The zero-order chi connectivity index (χ0) is 13.4. The van der Waals surface area contributed by atoms with Gasteiger partial charge in [-0.2, -0.15) is 0 Å². The van der Waals surface area contributed by atoms with Crippen molar-refractivity contribution in [3.05, 3.63) is 50.4 Å². The quantitative estimate of drug-likeness (QED) is 0.880. The van der Waals surface area contributed by atoms with Crippen LogP contribution in [0.3, 0.4) is 0 Å². The van der Waals surface area contributed by atoms with Crippen LogP contribution in [0, 0.1) is 5.82 Å². The molecule has 0 spiro atoms. The van der Waals surface area contributed by atoms with Crippen LogP contribution in [0.25, 0.3) is 0 Å². The van der Waals surface area contributed by atoms with Gasteiger partial charge >= 0.3 is 0 Å². The number of amides is 1. The molecular formula is C14H11ClFNOS. The van der Waals surface area contributed by atoms with Crippen molar-refractivity contribution in [2.45, 2.75) is 19.3 Å². The Morgan fingerprint density at radius 1 is 1.37 bits per heavy atom. The highest BCUT2D eigenvalue weighted by Crippen LogP contribution is 2.31. The zero-order valence-corrected chi connectivity index (χ0v) is 11.6. The normalized spacial score (nSPS) is 13.4. The fraction of sp³-hybridized carbons (Fsp3) is 0.214. The van der Waals surface area contributed by atoms with Gasteiger partial charge < -0.3 is 5.32 Å². The van der Waals surface area contributed by atoms with E-state index in [0.29, 0.717) is 4.88 Å². The summed E-state index contributed by atoms with van der Waals surface area (Å²) in [5, 5.41) is 2.57. The molecule has 98 valence electrons. The number of carbonyl (C=O) groups is 1. The van der Waals surface area contributed by atoms with E-state index in [-0.39, 0.29) is 16.6 Å². The van der Waals surface area contributed by atoms with Gasteiger partial charge in [-0.15, -0.1) is 11.3 Å². The number of aryl methyl sites for hydroxylation is 2. The van der Waals surface area contributed by atoms with Crippen molar-refractivity contribution in [2.75, 3.05) is 5.32 Å². The number of benzene rings is 1. The largest absolute Gasteiger partial charge is 0.319 e. The van der Waals surface area contributed by atoms with Crippen LogP contribution in [0.1, 0.15) is 26.5 Å². The van der Waals surface area contributed by atoms with Crippen molar-refractivity contribution >= 4 is 34.5 Å². The van der Waals surface area contributed by atoms with Gasteiger partial charge in [0.15, 0.2) is 5.82 Å². The summed E-state index contributed by atoms with van der Waals surface area (Å²) in [7, 11) is 0. The van der Waals surface area contributed by atoms with Crippen LogP contribution in [0.5, 0.6) is 0 Å². The van der Waals surface area contributed by atoms with Gasteiger partial charge in [0.2, 0.25) is 0 Å². The second-order valence-electron chi connectivity index (χ2n) is 4.47. The third-order valence-electron chi connectivity index (χ3n) is 3.17. The van der Waals surface area contributed by atoms with Gasteiger partial charge in [-0.05, 0) is 43.0 Å². The molecule has 1 aromatic heterocycles. The number of nitrogens with one attached hydrogen (secondary N) is 1. The Kier molecular flexibility index (Phi) is 3.29. The average molecular weight is 296 g/mol. The van der Waals surface area contributed by atoms with E-state index in [9.17, 15) is 9.18 Å². The highest BCUT2D eigenvalue weighted by Gasteiger charge is 2.19. The fourth-order valence-corrected chi connectivity index (χ4v) is 3.55. The first kappa shape index (κ1) is 12.6. The second-order valence-corrected chi connectivity index (χ2v) is 6.01. The van der Waals surface area contributed by atoms with E-state index in [4.69, 9.17) is 11.6 Å². The van der Waals surface area contributed by atoms with Crippen LogP contribution < -0.4 is 5.32 Å². The van der Waals surface area contributed by atoms with Crippen molar-refractivity contribution in [2.24, 2.45) is 0 Å². The first-order valence-corrected chi connectivity index (χ1v) is 7.21. The maximum absolute atomic E-state index is 13.7. The molecule has 2 aromatic rings. The SMILES string of the molecule is O=C(Nc1cccc(Cl)c1F)c1cc2c(s1)CCC2. The minimum atomic E-state index is -0.596. The first-order chi connectivity index (χ1) is 9.15. The van der Waals surface area contributed by atoms with E-state index in [1.807, 2.05) is 6.07 Å². The lowest BCUT2D eigenvalue weighted by Crippen LogP contribution is -2.11. The lowest BCUT2D eigenvalue weighted by Gasteiger charge is -2.05. The van der Waals surface area contributed by atoms with Gasteiger partial charge in [0.25, 0.3) is 5.91 Å². The number of hydrogen-bond donors (Lipinski definition) is 1. The molecule has 1 N–H and O–H groups in total. The van der Waals surface area contributed by atoms with Crippen molar-refractivity contribution in [3.63, 3.8) is 0 Å². The van der Waals surface area contributed by atoms with Gasteiger partial charge in [-0.1, -0.05) is 17.7 Å². The molecule has 2 nitrogen and oxygen atoms in total. The van der Waals surface area contributed by atoms with E-state index < -0.39 is 5.82 Å². The lowest BCUT2D eigenvalue weighted by atomic mass is 10.2. The molecule has 3 rings (SSSR count). The highest BCUT2D eigenvalue weighted by atomic mass is 35.5. The van der Waals surface area contributed by atoms with Crippen molar-refractivity contribution < 1.29 is 9.18 Å². The molecule has 0 saturated carbocycles. The molecular weight excluding hydrogens is 285 g/mol. The summed E-state index contributed by atoms with van der Waals surface area (Å²) < 4.78 is 13.7. The van der Waals surface area contributed by atoms with Gasteiger partial charge in [-0.25, -0.2) is 4.39 Å². The molecule has 1 aliphatic rings. The average Bonchev–Trinajstić information content (AvgIpc) is 2.95. The molecule has 0 unspecified atom stereocenters. The molecule has 1 amide bonds. The number of halogens is 2. The number of hydrogen-bond acceptors (Lipinski definition) is 2. The molecule has 1 aliphatic carbocycles. The molecule has 1 aromatic carbocycles. The predicted molar refractivity (Wildman–Crippen MR) is 75.7 cm³/mol. The maximum atomic E-state index is 13.7. The summed E-state index contributed by atoms with van der Waals surface area (Å²) in [5.74, 6) is -0.873. The predicted octanol–water partition coefficient (Wildman–Crippen LogP) is 4.28. The monoisotopic (exact) mass is 295 g/mol. The summed E-state index contributed by atoms with van der Waals surface area (Å²) in [6.45, 7) is 0. The third kappa shape index (κ3) is 2.38. The molecule has 0 fully saturated rings. The molecule has 1 heterocycles. The standard InChI is InChI=1S/C14H11ClFNOS/c15-9-4-2-5-10(13(9)16)17-14(18)12-7-8-3-1-6-11(8)19-12/h2,4-5,7H,1,3,6H2,(H,17,18). The Hall–Kier alpha value is -1.39. The summed E-state index contributed by atoms with van der Waals surface area (Å²) in [6, 6.07) is 6.47. The minimum absolute atomic E-state index is 0.00599. The Balaban J connectivity index is 1.82. The molecule has 19 heavy (non-hydrogen) atoms. The number of carbonyl (C=O) groups excluding carboxylic acids is 1. The number of anilines is 1. The summed E-state index contributed by atoms with van der Waals surface area (Å²) >= 11 is 7.17. The van der Waals surface area contributed by atoms with Crippen LogP contribution in [0.15, 0.2) is 24.3 Å². The van der Waals surface area contributed by atoms with Crippen LogP contribution in [0.2, 0.25) is 5.02 Å². The van der Waals surface area contributed by atoms with Crippen LogP contribution in [0.4, 0.5) is 10.1 Å². The molecule has 0 aliphatic heterocycles. The van der Waals surface area contributed by atoms with Crippen molar-refractivity contribution in [3.8, 4) is 0 Å². The topological polar surface area (TPSA) is 29.1 Å². The minimum Gasteiger partial charge on any atom is -0.319 e. The first-order valence-electron chi connectivity index (χ1n) is 6.02. The van der Waals surface area contributed by atoms with Gasteiger partial charge in [0.05, 0.1) is 15.6 Å². The van der Waals surface area contributed by atoms with Crippen LogP contribution >= 0.6 is 22.9 Å². The van der Waals surface area contributed by atoms with Gasteiger partial charge in [0, 0.05) is 4.88 Å². The van der Waals surface area contributed by atoms with E-state index in [0.717, 1.165) is 19.3 Å². The zero-order valence-electron chi connectivity index (χ0n) is 10.0. The van der Waals surface area contributed by atoms with Crippen molar-refractivity contribution in [1.29, 1.82) is 0 Å². The van der Waals surface area contributed by atoms with E-state index >= 15 is 0 Å². The van der Waals surface area contributed by atoms with E-state index in [1.165, 1.54) is 33.9 Å². The van der Waals surface area contributed by atoms with Crippen molar-refractivity contribution in [1.82, 2.24) is 0 Å². The maximum Gasteiger partial charge on any atom is 0.265 e. The third-order valence-corrected chi connectivity index (χ3v) is 4.70.